The van der Waals surface area contributed by atoms with Crippen LogP contribution in [0.2, 0.25) is 0 Å². The van der Waals surface area contributed by atoms with Crippen molar-refractivity contribution < 1.29 is 23.1 Å². The number of furan rings is 1. The molecule has 2 atom stereocenters. The number of hydrogen-bond donors (Lipinski definition) is 1. The van der Waals surface area contributed by atoms with Crippen LogP contribution in [0, 0.1) is 11.2 Å². The van der Waals surface area contributed by atoms with Gasteiger partial charge >= 0.3 is 0 Å². The van der Waals surface area contributed by atoms with Crippen LogP contribution in [0.15, 0.2) is 65.3 Å². The summed E-state index contributed by atoms with van der Waals surface area (Å²) >= 11 is 0. The van der Waals surface area contributed by atoms with E-state index in [-0.39, 0.29) is 24.2 Å². The van der Waals surface area contributed by atoms with E-state index in [0.717, 1.165) is 11.1 Å². The maximum absolute atomic E-state index is 14.2. The molecule has 2 amide bonds. The van der Waals surface area contributed by atoms with E-state index in [2.05, 4.69) is 5.32 Å². The van der Waals surface area contributed by atoms with Crippen LogP contribution in [0.5, 0.6) is 5.75 Å². The highest BCUT2D eigenvalue weighted by molar-refractivity contribution is 5.83. The minimum absolute atomic E-state index is 0.00234. The van der Waals surface area contributed by atoms with Crippen LogP contribution in [-0.2, 0) is 22.6 Å². The number of ether oxygens (including phenoxy) is 1. The molecule has 1 N–H and O–H groups in total. The van der Waals surface area contributed by atoms with E-state index in [1.54, 1.807) is 24.5 Å². The van der Waals surface area contributed by atoms with Gasteiger partial charge in [-0.3, -0.25) is 9.59 Å². The van der Waals surface area contributed by atoms with Crippen molar-refractivity contribution in [2.75, 3.05) is 6.54 Å². The van der Waals surface area contributed by atoms with Gasteiger partial charge in [0, 0.05) is 12.0 Å². The van der Waals surface area contributed by atoms with Crippen molar-refractivity contribution in [2.24, 2.45) is 5.41 Å². The van der Waals surface area contributed by atoms with E-state index in [1.165, 1.54) is 12.1 Å². The van der Waals surface area contributed by atoms with E-state index >= 15 is 0 Å². The third kappa shape index (κ3) is 5.61. The Morgan fingerprint density at radius 2 is 1.97 bits per heavy atom. The average Bonchev–Trinajstić information content (AvgIpc) is 3.37. The van der Waals surface area contributed by atoms with Gasteiger partial charge in [0.15, 0.2) is 6.10 Å². The Morgan fingerprint density at radius 3 is 2.64 bits per heavy atom. The van der Waals surface area contributed by atoms with Gasteiger partial charge in [-0.05, 0) is 65.9 Å². The monoisotopic (exact) mass is 492 g/mol. The number of carbonyl (C=O) groups excluding carboxylic acids is 2. The van der Waals surface area contributed by atoms with Crippen LogP contribution < -0.4 is 10.1 Å². The van der Waals surface area contributed by atoms with Gasteiger partial charge in [-0.1, -0.05) is 45.9 Å². The molecule has 1 aromatic heterocycles. The van der Waals surface area contributed by atoms with Gasteiger partial charge < -0.3 is 19.4 Å². The van der Waals surface area contributed by atoms with Crippen molar-refractivity contribution in [3.05, 3.63) is 89.1 Å². The van der Waals surface area contributed by atoms with Crippen molar-refractivity contribution in [1.29, 1.82) is 0 Å². The zero-order valence-corrected chi connectivity index (χ0v) is 21.2. The van der Waals surface area contributed by atoms with Crippen molar-refractivity contribution in [3.63, 3.8) is 0 Å². The SMILES string of the molecule is CCC(Oc1ccc2c(c1)C(c1cccc(F)c1)N(C(=O)C(C)(C)C)CC2)C(=O)NCc1ccco1. The smallest absolute Gasteiger partial charge is 0.261 e. The summed E-state index contributed by atoms with van der Waals surface area (Å²) in [5.74, 6) is 0.596. The first-order valence-corrected chi connectivity index (χ1v) is 12.3. The highest BCUT2D eigenvalue weighted by atomic mass is 19.1. The minimum atomic E-state index is -0.693. The lowest BCUT2D eigenvalue weighted by Gasteiger charge is -2.41. The molecule has 4 rings (SSSR count). The molecule has 6 nitrogen and oxygen atoms in total. The molecule has 0 saturated carbocycles. The number of nitrogens with zero attached hydrogens (tertiary/aromatic N) is 1. The normalized spacial score (nSPS) is 16.2. The molecule has 2 heterocycles. The fourth-order valence-corrected chi connectivity index (χ4v) is 4.54. The summed E-state index contributed by atoms with van der Waals surface area (Å²) < 4.78 is 25.6. The van der Waals surface area contributed by atoms with E-state index < -0.39 is 17.6 Å². The summed E-state index contributed by atoms with van der Waals surface area (Å²) in [6.07, 6.45) is 2.03. The Labute approximate surface area is 211 Å². The number of carbonyl (C=O) groups is 2. The molecule has 2 unspecified atom stereocenters. The molecule has 0 spiro atoms. The van der Waals surface area contributed by atoms with Gasteiger partial charge in [0.1, 0.15) is 17.3 Å². The predicted molar refractivity (Wildman–Crippen MR) is 135 cm³/mol. The number of rotatable bonds is 7. The topological polar surface area (TPSA) is 71.8 Å². The molecule has 7 heteroatoms. The molecular formula is C29H33FN2O4. The molecule has 0 saturated heterocycles. The number of benzene rings is 2. The standard InChI is InChI=1S/C29H33FN2O4/c1-5-25(27(33)31-18-23-10-7-15-35-23)36-22-12-11-19-13-14-32(28(34)29(2,3)4)26(24(19)17-22)20-8-6-9-21(30)16-20/h6-12,15-17,25-26H,5,13-14,18H2,1-4H3,(H,31,33). The Balaban J connectivity index is 1.63. The minimum Gasteiger partial charge on any atom is -0.481 e. The summed E-state index contributed by atoms with van der Waals surface area (Å²) in [5.41, 5.74) is 2.07. The second kappa shape index (κ2) is 10.6. The number of amides is 2. The summed E-state index contributed by atoms with van der Waals surface area (Å²) in [7, 11) is 0. The zero-order chi connectivity index (χ0) is 25.9. The average molecular weight is 493 g/mol. The second-order valence-electron chi connectivity index (χ2n) is 10.1. The van der Waals surface area contributed by atoms with Crippen LogP contribution in [-0.4, -0.2) is 29.4 Å². The van der Waals surface area contributed by atoms with Gasteiger partial charge in [-0.2, -0.15) is 0 Å². The van der Waals surface area contributed by atoms with Crippen LogP contribution in [0.1, 0.15) is 62.6 Å². The van der Waals surface area contributed by atoms with Crippen molar-refractivity contribution in [1.82, 2.24) is 10.2 Å². The molecule has 0 fully saturated rings. The third-order valence-electron chi connectivity index (χ3n) is 6.37. The maximum atomic E-state index is 14.2. The number of halogens is 1. The third-order valence-corrected chi connectivity index (χ3v) is 6.37. The van der Waals surface area contributed by atoms with Gasteiger partial charge in [0.2, 0.25) is 5.91 Å². The maximum Gasteiger partial charge on any atom is 0.261 e. The van der Waals surface area contributed by atoms with E-state index in [9.17, 15) is 14.0 Å². The lowest BCUT2D eigenvalue weighted by atomic mass is 9.85. The summed E-state index contributed by atoms with van der Waals surface area (Å²) in [6, 6.07) is 15.2. The fourth-order valence-electron chi connectivity index (χ4n) is 4.54. The Morgan fingerprint density at radius 1 is 1.17 bits per heavy atom. The van der Waals surface area contributed by atoms with Crippen LogP contribution in [0.4, 0.5) is 4.39 Å². The van der Waals surface area contributed by atoms with Crippen molar-refractivity contribution in [2.45, 2.75) is 59.2 Å². The van der Waals surface area contributed by atoms with Gasteiger partial charge in [0.05, 0.1) is 18.8 Å². The van der Waals surface area contributed by atoms with E-state index in [4.69, 9.17) is 9.15 Å². The molecular weight excluding hydrogens is 459 g/mol. The predicted octanol–water partition coefficient (Wildman–Crippen LogP) is 5.41. The number of fused-ring (bicyclic) bond motifs is 1. The molecule has 36 heavy (non-hydrogen) atoms. The van der Waals surface area contributed by atoms with Crippen LogP contribution in [0.3, 0.4) is 0 Å². The molecule has 2 aromatic carbocycles. The van der Waals surface area contributed by atoms with Crippen molar-refractivity contribution in [3.8, 4) is 5.75 Å². The van der Waals surface area contributed by atoms with Crippen LogP contribution >= 0.6 is 0 Å². The largest absolute Gasteiger partial charge is 0.481 e. The first-order chi connectivity index (χ1) is 17.2. The molecule has 190 valence electrons. The van der Waals surface area contributed by atoms with Crippen molar-refractivity contribution >= 4 is 11.8 Å². The Bertz CT molecular complexity index is 1220. The molecule has 0 aliphatic carbocycles. The molecule has 3 aromatic rings. The van der Waals surface area contributed by atoms with E-state index in [1.807, 2.05) is 56.9 Å². The van der Waals surface area contributed by atoms with Crippen LogP contribution in [0.25, 0.3) is 0 Å². The highest BCUT2D eigenvalue weighted by Gasteiger charge is 2.37. The van der Waals surface area contributed by atoms with Gasteiger partial charge in [0.25, 0.3) is 5.91 Å². The summed E-state index contributed by atoms with van der Waals surface area (Å²) in [5, 5.41) is 2.85. The molecule has 1 aliphatic rings. The lowest BCUT2D eigenvalue weighted by Crippen LogP contribution is -2.45. The molecule has 0 bridgehead atoms. The quantitative estimate of drug-likeness (QED) is 0.479. The lowest BCUT2D eigenvalue weighted by molar-refractivity contribution is -0.141. The summed E-state index contributed by atoms with van der Waals surface area (Å²) in [4.78, 5) is 28.0. The first kappa shape index (κ1) is 25.5. The zero-order valence-electron chi connectivity index (χ0n) is 21.2. The highest BCUT2D eigenvalue weighted by Crippen LogP contribution is 2.39. The molecule has 0 radical (unpaired) electrons. The number of nitrogens with one attached hydrogen (secondary N) is 1. The first-order valence-electron chi connectivity index (χ1n) is 12.3. The second-order valence-corrected chi connectivity index (χ2v) is 10.1. The Hall–Kier alpha value is -3.61. The Kier molecular flexibility index (Phi) is 7.48. The van der Waals surface area contributed by atoms with Gasteiger partial charge in [-0.15, -0.1) is 0 Å². The van der Waals surface area contributed by atoms with Gasteiger partial charge in [-0.25, -0.2) is 4.39 Å². The number of hydrogen-bond acceptors (Lipinski definition) is 4. The van der Waals surface area contributed by atoms with E-state index in [0.29, 0.717) is 36.5 Å². The summed E-state index contributed by atoms with van der Waals surface area (Å²) in [6.45, 7) is 8.37. The fraction of sp³-hybridized carbons (Fsp3) is 0.379. The molecule has 1 aliphatic heterocycles.